The minimum Gasteiger partial charge on any atom is -0.381 e. The zero-order valence-corrected chi connectivity index (χ0v) is 12.3. The van der Waals surface area contributed by atoms with E-state index in [1.807, 2.05) is 0 Å². The number of piperidine rings is 1. The van der Waals surface area contributed by atoms with Crippen molar-refractivity contribution in [3.63, 3.8) is 0 Å². The van der Waals surface area contributed by atoms with E-state index in [0.717, 1.165) is 19.4 Å². The monoisotopic (exact) mass is 287 g/mol. The number of nitrogen functional groups attached to an aromatic ring is 1. The van der Waals surface area contributed by atoms with Crippen LogP contribution >= 0.6 is 0 Å². The number of aromatic nitrogens is 2. The molecule has 0 bridgehead atoms. The van der Waals surface area contributed by atoms with Crippen LogP contribution in [-0.4, -0.2) is 48.8 Å². The minimum absolute atomic E-state index is 0.0379. The molecule has 0 aliphatic carbocycles. The van der Waals surface area contributed by atoms with Crippen LogP contribution in [0, 0.1) is 0 Å². The molecule has 0 radical (unpaired) electrons. The maximum Gasteiger partial charge on any atom is 0.246 e. The summed E-state index contributed by atoms with van der Waals surface area (Å²) in [5.74, 6) is 0.0379. The molecule has 108 valence electrons. The number of anilines is 1. The van der Waals surface area contributed by atoms with Crippen molar-refractivity contribution in [2.75, 3.05) is 19.3 Å². The van der Waals surface area contributed by atoms with Gasteiger partial charge in [-0.3, -0.25) is 4.68 Å². The summed E-state index contributed by atoms with van der Waals surface area (Å²) in [5, 5.41) is 3.86. The average molecular weight is 287 g/mol. The third-order valence-electron chi connectivity index (χ3n) is 3.64. The first kappa shape index (κ1) is 14.3. The number of nitrogens with one attached hydrogen (secondary N) is 1. The van der Waals surface area contributed by atoms with E-state index < -0.39 is 10.0 Å². The second-order valence-corrected chi connectivity index (χ2v) is 6.91. The molecular weight excluding hydrogens is 266 g/mol. The summed E-state index contributed by atoms with van der Waals surface area (Å²) in [6, 6.07) is 0.323. The fourth-order valence-electron chi connectivity index (χ4n) is 2.37. The summed E-state index contributed by atoms with van der Waals surface area (Å²) >= 11 is 0. The van der Waals surface area contributed by atoms with E-state index in [-0.39, 0.29) is 16.8 Å². The van der Waals surface area contributed by atoms with Gasteiger partial charge in [0.05, 0.1) is 0 Å². The largest absolute Gasteiger partial charge is 0.381 e. The summed E-state index contributed by atoms with van der Waals surface area (Å²) in [5.41, 5.74) is 5.62. The quantitative estimate of drug-likeness (QED) is 0.800. The fourth-order valence-corrected chi connectivity index (χ4v) is 3.76. The van der Waals surface area contributed by atoms with Gasteiger partial charge in [-0.1, -0.05) is 0 Å². The Morgan fingerprint density at radius 3 is 2.68 bits per heavy atom. The summed E-state index contributed by atoms with van der Waals surface area (Å²) in [4.78, 5) is 2.28. The highest BCUT2D eigenvalue weighted by molar-refractivity contribution is 7.89. The molecule has 1 aromatic rings. The molecule has 2 unspecified atom stereocenters. The van der Waals surface area contributed by atoms with Crippen molar-refractivity contribution in [2.45, 2.75) is 36.7 Å². The van der Waals surface area contributed by atoms with E-state index in [1.54, 1.807) is 7.05 Å². The van der Waals surface area contributed by atoms with Crippen LogP contribution in [0.4, 0.5) is 5.82 Å². The maximum absolute atomic E-state index is 12.3. The van der Waals surface area contributed by atoms with Crippen LogP contribution in [0.15, 0.2) is 11.1 Å². The van der Waals surface area contributed by atoms with Gasteiger partial charge in [-0.15, -0.1) is 0 Å². The zero-order valence-electron chi connectivity index (χ0n) is 11.5. The van der Waals surface area contributed by atoms with Crippen molar-refractivity contribution >= 4 is 15.8 Å². The number of hydrogen-bond acceptors (Lipinski definition) is 5. The van der Waals surface area contributed by atoms with Crippen molar-refractivity contribution in [3.05, 3.63) is 6.20 Å². The number of aryl methyl sites for hydroxylation is 1. The molecule has 7 nitrogen and oxygen atoms in total. The molecule has 0 spiro atoms. The van der Waals surface area contributed by atoms with Crippen LogP contribution in [0.25, 0.3) is 0 Å². The number of likely N-dealkylation sites (tertiary alicyclic amines) is 1. The molecule has 1 aromatic heterocycles. The van der Waals surface area contributed by atoms with Crippen molar-refractivity contribution in [1.29, 1.82) is 0 Å². The Kier molecular flexibility index (Phi) is 3.84. The van der Waals surface area contributed by atoms with Crippen LogP contribution in [0.5, 0.6) is 0 Å². The lowest BCUT2D eigenvalue weighted by atomic mass is 10.0. The zero-order chi connectivity index (χ0) is 14.2. The van der Waals surface area contributed by atoms with E-state index in [2.05, 4.69) is 28.7 Å². The Morgan fingerprint density at radius 1 is 1.47 bits per heavy atom. The summed E-state index contributed by atoms with van der Waals surface area (Å²) in [6.07, 6.45) is 3.03. The average Bonchev–Trinajstić information content (AvgIpc) is 2.63. The molecule has 1 fully saturated rings. The van der Waals surface area contributed by atoms with E-state index >= 15 is 0 Å². The van der Waals surface area contributed by atoms with Gasteiger partial charge < -0.3 is 10.6 Å². The van der Waals surface area contributed by atoms with Crippen molar-refractivity contribution in [3.8, 4) is 0 Å². The first-order valence-corrected chi connectivity index (χ1v) is 7.79. The molecule has 8 heteroatoms. The molecule has 1 saturated heterocycles. The molecule has 1 aliphatic heterocycles. The minimum atomic E-state index is -3.59. The maximum atomic E-state index is 12.3. The third-order valence-corrected chi connectivity index (χ3v) is 5.18. The van der Waals surface area contributed by atoms with Crippen LogP contribution in [0.2, 0.25) is 0 Å². The van der Waals surface area contributed by atoms with Crippen molar-refractivity contribution in [2.24, 2.45) is 7.05 Å². The molecule has 0 aromatic carbocycles. The Morgan fingerprint density at radius 2 is 2.16 bits per heavy atom. The Balaban J connectivity index is 2.12. The van der Waals surface area contributed by atoms with Gasteiger partial charge in [0.1, 0.15) is 4.90 Å². The predicted octanol–water partition coefficient (Wildman–Crippen LogP) is -0.237. The SMILES string of the molecule is CC1CC(NS(=O)(=O)c2cn(C)nc2N)CCN1C. The van der Waals surface area contributed by atoms with E-state index in [1.165, 1.54) is 10.9 Å². The van der Waals surface area contributed by atoms with Crippen LogP contribution < -0.4 is 10.5 Å². The normalized spacial score (nSPS) is 25.6. The predicted molar refractivity (Wildman–Crippen MR) is 73.1 cm³/mol. The highest BCUT2D eigenvalue weighted by atomic mass is 32.2. The van der Waals surface area contributed by atoms with Gasteiger partial charge in [-0.05, 0) is 33.4 Å². The highest BCUT2D eigenvalue weighted by Gasteiger charge is 2.29. The number of hydrogen-bond donors (Lipinski definition) is 2. The van der Waals surface area contributed by atoms with Crippen LogP contribution in [-0.2, 0) is 17.1 Å². The number of nitrogens with zero attached hydrogens (tertiary/aromatic N) is 3. The van der Waals surface area contributed by atoms with E-state index in [9.17, 15) is 8.42 Å². The smallest absolute Gasteiger partial charge is 0.246 e. The Labute approximate surface area is 113 Å². The topological polar surface area (TPSA) is 93.2 Å². The van der Waals surface area contributed by atoms with Crippen molar-refractivity contribution in [1.82, 2.24) is 19.4 Å². The van der Waals surface area contributed by atoms with Crippen molar-refractivity contribution < 1.29 is 8.42 Å². The standard InChI is InChI=1S/C11H21N5O2S/c1-8-6-9(4-5-15(8)2)14-19(17,18)10-7-16(3)13-11(10)12/h7-9,14H,4-6H2,1-3H3,(H2,12,13). The summed E-state index contributed by atoms with van der Waals surface area (Å²) in [6.45, 7) is 2.98. The number of sulfonamides is 1. The molecule has 2 heterocycles. The summed E-state index contributed by atoms with van der Waals surface area (Å²) < 4.78 is 28.7. The van der Waals surface area contributed by atoms with Gasteiger partial charge in [0.25, 0.3) is 0 Å². The highest BCUT2D eigenvalue weighted by Crippen LogP contribution is 2.20. The second kappa shape index (κ2) is 5.10. The van der Waals surface area contributed by atoms with Gasteiger partial charge in [0, 0.05) is 25.3 Å². The lowest BCUT2D eigenvalue weighted by molar-refractivity contribution is 0.178. The van der Waals surface area contributed by atoms with E-state index in [4.69, 9.17) is 5.73 Å². The molecule has 2 atom stereocenters. The van der Waals surface area contributed by atoms with Crippen LogP contribution in [0.3, 0.4) is 0 Å². The molecule has 0 amide bonds. The van der Waals surface area contributed by atoms with Gasteiger partial charge in [0.15, 0.2) is 5.82 Å². The van der Waals surface area contributed by atoms with Crippen LogP contribution in [0.1, 0.15) is 19.8 Å². The second-order valence-electron chi connectivity index (χ2n) is 5.22. The van der Waals surface area contributed by atoms with Gasteiger partial charge in [0.2, 0.25) is 10.0 Å². The Hall–Kier alpha value is -1.12. The first-order valence-electron chi connectivity index (χ1n) is 6.31. The molecular formula is C11H21N5O2S. The lowest BCUT2D eigenvalue weighted by Gasteiger charge is -2.35. The number of nitrogens with two attached hydrogens (primary N) is 1. The molecule has 3 N–H and O–H groups in total. The van der Waals surface area contributed by atoms with Gasteiger partial charge >= 0.3 is 0 Å². The first-order chi connectivity index (χ1) is 8.79. The fraction of sp³-hybridized carbons (Fsp3) is 0.727. The molecule has 2 rings (SSSR count). The number of rotatable bonds is 3. The molecule has 19 heavy (non-hydrogen) atoms. The van der Waals surface area contributed by atoms with Gasteiger partial charge in [-0.25, -0.2) is 13.1 Å². The Bertz CT molecular complexity index is 553. The van der Waals surface area contributed by atoms with Gasteiger partial charge in [-0.2, -0.15) is 5.10 Å². The lowest BCUT2D eigenvalue weighted by Crippen LogP contribution is -2.47. The molecule has 0 saturated carbocycles. The van der Waals surface area contributed by atoms with E-state index in [0.29, 0.717) is 6.04 Å². The summed E-state index contributed by atoms with van der Waals surface area (Å²) in [7, 11) is 0.108. The third kappa shape index (κ3) is 3.07. The molecule has 1 aliphatic rings.